The zero-order valence-corrected chi connectivity index (χ0v) is 18.8. The van der Waals surface area contributed by atoms with Crippen LogP contribution in [-0.4, -0.2) is 22.4 Å². The van der Waals surface area contributed by atoms with Gasteiger partial charge in [0.05, 0.1) is 36.0 Å². The van der Waals surface area contributed by atoms with Gasteiger partial charge in [0.15, 0.2) is 0 Å². The van der Waals surface area contributed by atoms with Gasteiger partial charge >= 0.3 is 12.4 Å². The molecule has 5 nitrogen and oxygen atoms in total. The number of amides is 1. The molecule has 0 bridgehead atoms. The van der Waals surface area contributed by atoms with Crippen LogP contribution in [0.5, 0.6) is 0 Å². The molecular formula is C25H17F7N4O. The zero-order chi connectivity index (χ0) is 27.0. The van der Waals surface area contributed by atoms with Crippen LogP contribution in [-0.2, 0) is 23.6 Å². The molecule has 3 aromatic rings. The Morgan fingerprint density at radius 3 is 2.41 bits per heavy atom. The van der Waals surface area contributed by atoms with Gasteiger partial charge in [-0.15, -0.1) is 0 Å². The van der Waals surface area contributed by atoms with E-state index in [1.807, 2.05) is 0 Å². The van der Waals surface area contributed by atoms with E-state index >= 15 is 0 Å². The molecule has 2 aromatic carbocycles. The Bertz CT molecular complexity index is 1390. The minimum Gasteiger partial charge on any atom is -0.382 e. The normalized spacial score (nSPS) is 16.0. The van der Waals surface area contributed by atoms with Gasteiger partial charge in [0.1, 0.15) is 17.3 Å². The highest BCUT2D eigenvalue weighted by atomic mass is 19.4. The molecule has 1 aliphatic rings. The molecule has 192 valence electrons. The van der Waals surface area contributed by atoms with E-state index in [1.54, 1.807) is 0 Å². The maximum absolute atomic E-state index is 13.9. The van der Waals surface area contributed by atoms with E-state index < -0.39 is 46.7 Å². The number of rotatable bonds is 2. The van der Waals surface area contributed by atoms with Crippen molar-refractivity contribution in [3.63, 3.8) is 0 Å². The van der Waals surface area contributed by atoms with Crippen LogP contribution in [0.15, 0.2) is 48.8 Å². The summed E-state index contributed by atoms with van der Waals surface area (Å²) >= 11 is 0. The number of nitrogens with two attached hydrogens (primary N) is 1. The highest BCUT2D eigenvalue weighted by Gasteiger charge is 2.42. The molecular weight excluding hydrogens is 505 g/mol. The van der Waals surface area contributed by atoms with E-state index in [2.05, 4.69) is 21.8 Å². The molecule has 1 amide bonds. The van der Waals surface area contributed by atoms with Crippen LogP contribution in [0, 0.1) is 17.7 Å². The molecule has 1 unspecified atom stereocenters. The molecule has 0 aliphatic carbocycles. The van der Waals surface area contributed by atoms with Gasteiger partial charge in [0.2, 0.25) is 5.91 Å². The second kappa shape index (κ2) is 9.72. The lowest BCUT2D eigenvalue weighted by Crippen LogP contribution is -2.35. The van der Waals surface area contributed by atoms with Gasteiger partial charge in [-0.3, -0.25) is 9.69 Å². The number of nitrogen functional groups attached to an aromatic ring is 1. The van der Waals surface area contributed by atoms with E-state index in [0.717, 1.165) is 17.0 Å². The molecule has 0 radical (unpaired) electrons. The second-order valence-electron chi connectivity index (χ2n) is 8.21. The summed E-state index contributed by atoms with van der Waals surface area (Å²) < 4.78 is 94.9. The lowest BCUT2D eigenvalue weighted by Gasteiger charge is -2.26. The van der Waals surface area contributed by atoms with Crippen molar-refractivity contribution in [3.8, 4) is 11.8 Å². The third-order valence-electron chi connectivity index (χ3n) is 5.79. The molecule has 0 saturated heterocycles. The number of benzene rings is 2. The fourth-order valence-corrected chi connectivity index (χ4v) is 4.09. The molecule has 4 rings (SSSR count). The van der Waals surface area contributed by atoms with Crippen LogP contribution in [0.2, 0.25) is 0 Å². The number of carbonyl (C=O) groups excluding carboxylic acids is 1. The van der Waals surface area contributed by atoms with Gasteiger partial charge in [-0.1, -0.05) is 12.0 Å². The van der Waals surface area contributed by atoms with Gasteiger partial charge < -0.3 is 5.73 Å². The highest BCUT2D eigenvalue weighted by Crippen LogP contribution is 2.42. The van der Waals surface area contributed by atoms with Crippen molar-refractivity contribution in [3.05, 3.63) is 82.6 Å². The maximum Gasteiger partial charge on any atom is 0.416 e. The smallest absolute Gasteiger partial charge is 0.382 e. The summed E-state index contributed by atoms with van der Waals surface area (Å²) in [7, 11) is 0. The van der Waals surface area contributed by atoms with E-state index in [0.29, 0.717) is 17.7 Å². The molecule has 0 fully saturated rings. The van der Waals surface area contributed by atoms with Crippen LogP contribution in [0.25, 0.3) is 0 Å². The van der Waals surface area contributed by atoms with Gasteiger partial charge in [-0.2, -0.15) is 26.3 Å². The number of anilines is 2. The first-order valence-electron chi connectivity index (χ1n) is 10.8. The molecule has 1 atom stereocenters. The number of carbonyl (C=O) groups is 1. The summed E-state index contributed by atoms with van der Waals surface area (Å²) in [5.41, 5.74) is 2.65. The van der Waals surface area contributed by atoms with Gasteiger partial charge in [0, 0.05) is 5.69 Å². The Morgan fingerprint density at radius 1 is 1.00 bits per heavy atom. The highest BCUT2D eigenvalue weighted by molar-refractivity contribution is 6.00. The van der Waals surface area contributed by atoms with Crippen molar-refractivity contribution >= 4 is 17.4 Å². The molecule has 37 heavy (non-hydrogen) atoms. The summed E-state index contributed by atoms with van der Waals surface area (Å²) in [6, 6.07) is 4.77. The number of alkyl halides is 6. The summed E-state index contributed by atoms with van der Waals surface area (Å²) in [5, 5.41) is 0. The van der Waals surface area contributed by atoms with E-state index in [-0.39, 0.29) is 42.7 Å². The maximum atomic E-state index is 13.9. The first-order chi connectivity index (χ1) is 17.3. The third kappa shape index (κ3) is 5.66. The number of fused-ring (bicyclic) bond motifs is 1. The fourth-order valence-electron chi connectivity index (χ4n) is 4.09. The lowest BCUT2D eigenvalue weighted by molar-refractivity contribution is -0.143. The second-order valence-corrected chi connectivity index (χ2v) is 8.21. The van der Waals surface area contributed by atoms with Gasteiger partial charge in [0.25, 0.3) is 0 Å². The number of nitrogens with zero attached hydrogens (tertiary/aromatic N) is 3. The minimum atomic E-state index is -5.15. The topological polar surface area (TPSA) is 72.1 Å². The molecule has 2 N–H and O–H groups in total. The fraction of sp³-hybridized carbons (Fsp3) is 0.240. The van der Waals surface area contributed by atoms with Crippen molar-refractivity contribution in [2.24, 2.45) is 0 Å². The molecule has 2 heterocycles. The van der Waals surface area contributed by atoms with Crippen molar-refractivity contribution in [1.82, 2.24) is 9.97 Å². The quantitative estimate of drug-likeness (QED) is 0.364. The number of aromatic nitrogens is 2. The molecule has 0 spiro atoms. The molecule has 1 aromatic heterocycles. The standard InChI is InChI=1S/C25H17F7N4O/c26-16-5-8-21-14(10-16)3-6-19(18-7-4-15(24(27,28)29)11-20(18)25(30,31)32)23(37)36(21)9-1-2-17-12-35-22(33)13-34-17/h4-5,7-8,10-13,19H,3,6,9H2,(H2,33,35). The van der Waals surface area contributed by atoms with Crippen molar-refractivity contribution in [1.29, 1.82) is 0 Å². The summed E-state index contributed by atoms with van der Waals surface area (Å²) in [6.07, 6.45) is -7.78. The molecule has 1 aliphatic heterocycles. The summed E-state index contributed by atoms with van der Waals surface area (Å²) in [5.74, 6) is 2.64. The van der Waals surface area contributed by atoms with E-state index in [1.165, 1.54) is 18.5 Å². The largest absolute Gasteiger partial charge is 0.416 e. The van der Waals surface area contributed by atoms with Crippen LogP contribution < -0.4 is 10.6 Å². The monoisotopic (exact) mass is 522 g/mol. The molecule has 12 heteroatoms. The van der Waals surface area contributed by atoms with Crippen LogP contribution in [0.1, 0.15) is 40.3 Å². The van der Waals surface area contributed by atoms with Gasteiger partial charge in [-0.25, -0.2) is 14.4 Å². The Kier molecular flexibility index (Phi) is 6.82. The number of halogens is 7. The predicted octanol–water partition coefficient (Wildman–Crippen LogP) is 5.35. The number of hydrogen-bond acceptors (Lipinski definition) is 4. The Labute approximate surface area is 206 Å². The predicted molar refractivity (Wildman–Crippen MR) is 120 cm³/mol. The first-order valence-corrected chi connectivity index (χ1v) is 10.8. The average molecular weight is 522 g/mol. The Balaban J connectivity index is 1.77. The third-order valence-corrected chi connectivity index (χ3v) is 5.79. The van der Waals surface area contributed by atoms with Crippen molar-refractivity contribution in [2.75, 3.05) is 17.2 Å². The van der Waals surface area contributed by atoms with E-state index in [9.17, 15) is 35.5 Å². The van der Waals surface area contributed by atoms with Gasteiger partial charge in [-0.05, 0) is 60.2 Å². The Hall–Kier alpha value is -4.14. The van der Waals surface area contributed by atoms with E-state index in [4.69, 9.17) is 5.73 Å². The summed E-state index contributed by atoms with van der Waals surface area (Å²) in [6.45, 7) is -0.304. The minimum absolute atomic E-state index is 0.00420. The Morgan fingerprint density at radius 2 is 1.76 bits per heavy atom. The number of hydrogen-bond donors (Lipinski definition) is 1. The van der Waals surface area contributed by atoms with Crippen LogP contribution >= 0.6 is 0 Å². The first kappa shape index (κ1) is 25.9. The average Bonchev–Trinajstić information content (AvgIpc) is 2.95. The number of aryl methyl sites for hydroxylation is 1. The van der Waals surface area contributed by atoms with Crippen LogP contribution in [0.4, 0.5) is 42.2 Å². The van der Waals surface area contributed by atoms with Crippen LogP contribution in [0.3, 0.4) is 0 Å². The SMILES string of the molecule is Nc1cnc(C#CCN2C(=O)C(c3ccc(C(F)(F)F)cc3C(F)(F)F)CCc3cc(F)ccc32)cn1. The van der Waals surface area contributed by atoms with Crippen molar-refractivity contribution in [2.45, 2.75) is 31.1 Å². The summed E-state index contributed by atoms with van der Waals surface area (Å²) in [4.78, 5) is 22.5. The zero-order valence-electron chi connectivity index (χ0n) is 18.8. The van der Waals surface area contributed by atoms with Crippen molar-refractivity contribution < 1.29 is 35.5 Å². The lowest BCUT2D eigenvalue weighted by atomic mass is 9.88. The molecule has 0 saturated carbocycles.